The lowest BCUT2D eigenvalue weighted by atomic mass is 9.85. The van der Waals surface area contributed by atoms with E-state index in [1.165, 1.54) is 34.0 Å². The summed E-state index contributed by atoms with van der Waals surface area (Å²) in [7, 11) is 3.35. The Kier molecular flexibility index (Phi) is 18.4. The van der Waals surface area contributed by atoms with Crippen molar-refractivity contribution in [3.8, 4) is 0 Å². The zero-order valence-corrected chi connectivity index (χ0v) is 46.3. The highest BCUT2D eigenvalue weighted by Gasteiger charge is 2.48. The Morgan fingerprint density at radius 1 is 0.592 bits per heavy atom. The number of carbonyl (C=O) groups is 7. The van der Waals surface area contributed by atoms with Crippen molar-refractivity contribution >= 4 is 41.4 Å². The van der Waals surface area contributed by atoms with E-state index in [0.717, 1.165) is 44.1 Å². The van der Waals surface area contributed by atoms with Crippen molar-refractivity contribution in [2.24, 2.45) is 10.8 Å². The smallest absolute Gasteiger partial charge is 0.271 e. The molecule has 3 heterocycles. The van der Waals surface area contributed by atoms with Crippen LogP contribution in [-0.2, 0) is 36.8 Å². The molecule has 7 rings (SSSR count). The fourth-order valence-corrected chi connectivity index (χ4v) is 11.2. The summed E-state index contributed by atoms with van der Waals surface area (Å²) in [6, 6.07) is 10.7. The standard InChI is InChI=1S/C57H82N12O7/c1-32(62-41-24-16-20-35-18-12-14-22-39(35)41)45-26-37(30-68(45)54(75)47(56(4,5)6)66-49(70)33(2)58-10)63-51(72)43-28-61-44(29-60-43)52(73)64-38-27-46(53(74)65-42-25-17-21-36-19-13-15-23-40(36)42)69(31-38)55(76)48(57(7,8)9)67-50(71)34(3)59-11/h12-15,18-19,22-23,28-29,32-34,37-38,41-42,45-48,58-59,62H,16-17,20-21,24-27,30-31H2,1-11H3,(H,63,72)(H,64,73)(H,65,74)(H,66,70)(H,67,71)/t32?,33-,34-,37-,38-,41+,42+,45-,46-,47+,48+/m0/s1. The number of rotatable bonds is 17. The van der Waals surface area contributed by atoms with Gasteiger partial charge in [-0.2, -0.15) is 0 Å². The fourth-order valence-electron chi connectivity index (χ4n) is 11.2. The van der Waals surface area contributed by atoms with Crippen LogP contribution in [0.15, 0.2) is 60.9 Å². The van der Waals surface area contributed by atoms with Gasteiger partial charge in [0.2, 0.25) is 29.5 Å². The summed E-state index contributed by atoms with van der Waals surface area (Å²) in [5.74, 6) is -2.84. The van der Waals surface area contributed by atoms with Crippen LogP contribution >= 0.6 is 0 Å². The van der Waals surface area contributed by atoms with Crippen molar-refractivity contribution in [1.82, 2.24) is 62.3 Å². The van der Waals surface area contributed by atoms with E-state index in [1.807, 2.05) is 65.8 Å². The molecule has 2 saturated heterocycles. The van der Waals surface area contributed by atoms with E-state index in [9.17, 15) is 33.6 Å². The van der Waals surface area contributed by atoms with Gasteiger partial charge in [0.15, 0.2) is 0 Å². The molecule has 0 bridgehead atoms. The fraction of sp³-hybridized carbons (Fsp3) is 0.596. The second-order valence-corrected chi connectivity index (χ2v) is 23.6. The molecular formula is C57H82N12O7. The zero-order valence-electron chi connectivity index (χ0n) is 46.3. The van der Waals surface area contributed by atoms with Crippen molar-refractivity contribution in [3.05, 3.63) is 94.6 Å². The van der Waals surface area contributed by atoms with E-state index in [4.69, 9.17) is 0 Å². The molecule has 0 saturated carbocycles. The number of aromatic nitrogens is 2. The average Bonchev–Trinajstić information content (AvgIpc) is 4.03. The number of likely N-dealkylation sites (tertiary alicyclic amines) is 2. The van der Waals surface area contributed by atoms with Crippen LogP contribution in [0.25, 0.3) is 0 Å². The lowest BCUT2D eigenvalue weighted by Gasteiger charge is -2.39. The highest BCUT2D eigenvalue weighted by atomic mass is 16.2. The molecule has 11 atom stereocenters. The maximum atomic E-state index is 14.8. The minimum atomic E-state index is -0.987. The SMILES string of the molecule is CN[C@@H](C)C(=O)N[C@H](C(=O)N1C[C@@H](NC(=O)c2cnc(C(=O)N[C@H]3C[C@@H](C(C)N[C@@H]4CCCc5ccccc54)N(C(=O)[C@@H](NC(=O)[C@H](C)NC)C(C)(C)C)C3)cn2)C[C@H]1C(=O)N[C@@H]1CCCc2ccccc21)C(C)(C)C. The molecule has 3 aromatic rings. The molecule has 19 nitrogen and oxygen atoms in total. The third kappa shape index (κ3) is 13.4. The monoisotopic (exact) mass is 1050 g/mol. The normalized spacial score (nSPS) is 23.4. The molecule has 0 spiro atoms. The number of fused-ring (bicyclic) bond motifs is 2. The van der Waals surface area contributed by atoms with Gasteiger partial charge < -0.3 is 52.3 Å². The molecule has 76 heavy (non-hydrogen) atoms. The number of nitrogens with one attached hydrogen (secondary N) is 8. The van der Waals surface area contributed by atoms with Crippen molar-refractivity contribution < 1.29 is 33.6 Å². The Morgan fingerprint density at radius 3 is 1.53 bits per heavy atom. The van der Waals surface area contributed by atoms with E-state index in [0.29, 0.717) is 6.42 Å². The Hall–Kier alpha value is -6.31. The lowest BCUT2D eigenvalue weighted by molar-refractivity contribution is -0.144. The highest BCUT2D eigenvalue weighted by molar-refractivity contribution is 5.97. The molecule has 2 fully saturated rings. The molecule has 4 aliphatic rings. The summed E-state index contributed by atoms with van der Waals surface area (Å²) in [6.45, 7) is 17.0. The maximum absolute atomic E-state index is 14.8. The van der Waals surface area contributed by atoms with Crippen molar-refractivity contribution in [2.45, 2.75) is 180 Å². The van der Waals surface area contributed by atoms with E-state index >= 15 is 0 Å². The zero-order chi connectivity index (χ0) is 55.2. The molecular weight excluding hydrogens is 965 g/mol. The van der Waals surface area contributed by atoms with Crippen molar-refractivity contribution in [2.75, 3.05) is 27.2 Å². The number of nitrogens with zero attached hydrogens (tertiary/aromatic N) is 4. The van der Waals surface area contributed by atoms with Gasteiger partial charge in [-0.15, -0.1) is 0 Å². The number of hydrogen-bond donors (Lipinski definition) is 8. The first-order valence-corrected chi connectivity index (χ1v) is 27.2. The van der Waals surface area contributed by atoms with E-state index in [-0.39, 0.29) is 78.7 Å². The van der Waals surface area contributed by atoms with Crippen molar-refractivity contribution in [1.29, 1.82) is 0 Å². The maximum Gasteiger partial charge on any atom is 0.271 e. The van der Waals surface area contributed by atoms with Gasteiger partial charge in [-0.3, -0.25) is 33.6 Å². The predicted octanol–water partition coefficient (Wildman–Crippen LogP) is 3.40. The van der Waals surface area contributed by atoms with E-state index in [2.05, 4.69) is 83.7 Å². The topological polar surface area (TPSA) is 248 Å². The van der Waals surface area contributed by atoms with Crippen LogP contribution in [0.3, 0.4) is 0 Å². The largest absolute Gasteiger partial charge is 0.347 e. The van der Waals surface area contributed by atoms with Gasteiger partial charge in [-0.1, -0.05) is 90.1 Å². The van der Waals surface area contributed by atoms with Crippen LogP contribution in [0.2, 0.25) is 0 Å². The summed E-state index contributed by atoms with van der Waals surface area (Å²) in [5, 5.41) is 24.9. The number of amides is 7. The minimum absolute atomic E-state index is 0.0101. The molecule has 0 radical (unpaired) electrons. The second kappa shape index (κ2) is 24.3. The molecule has 412 valence electrons. The molecule has 7 amide bonds. The van der Waals surface area contributed by atoms with Crippen LogP contribution in [0.4, 0.5) is 0 Å². The quantitative estimate of drug-likeness (QED) is 0.0970. The van der Waals surface area contributed by atoms with Gasteiger partial charge in [0.1, 0.15) is 29.5 Å². The summed E-state index contributed by atoms with van der Waals surface area (Å²) in [5.41, 5.74) is 3.28. The van der Waals surface area contributed by atoms with Crippen molar-refractivity contribution in [3.63, 3.8) is 0 Å². The first-order chi connectivity index (χ1) is 36.0. The summed E-state index contributed by atoms with van der Waals surface area (Å²) in [4.78, 5) is 110. The Labute approximate surface area is 448 Å². The molecule has 2 aliphatic carbocycles. The summed E-state index contributed by atoms with van der Waals surface area (Å²) >= 11 is 0. The third-order valence-corrected chi connectivity index (χ3v) is 15.8. The average molecular weight is 1050 g/mol. The molecule has 2 aliphatic heterocycles. The second-order valence-electron chi connectivity index (χ2n) is 23.6. The Morgan fingerprint density at radius 2 is 1.04 bits per heavy atom. The van der Waals surface area contributed by atoms with Crippen LogP contribution in [0.5, 0.6) is 0 Å². The molecule has 1 aromatic heterocycles. The first-order valence-electron chi connectivity index (χ1n) is 27.2. The van der Waals surface area contributed by atoms with Gasteiger partial charge in [0.05, 0.1) is 30.5 Å². The number of aryl methyl sites for hydroxylation is 2. The summed E-state index contributed by atoms with van der Waals surface area (Å²) in [6.07, 6.45) is 8.49. The van der Waals surface area contributed by atoms with Gasteiger partial charge in [0.25, 0.3) is 11.8 Å². The number of hydrogen-bond acceptors (Lipinski definition) is 12. The van der Waals surface area contributed by atoms with Crippen LogP contribution < -0.4 is 42.5 Å². The number of likely N-dealkylation sites (N-methyl/N-ethyl adjacent to an activating group) is 2. The molecule has 8 N–H and O–H groups in total. The molecule has 19 heteroatoms. The van der Waals surface area contributed by atoms with Gasteiger partial charge >= 0.3 is 0 Å². The minimum Gasteiger partial charge on any atom is -0.347 e. The van der Waals surface area contributed by atoms with Gasteiger partial charge in [0, 0.05) is 43.3 Å². The van der Waals surface area contributed by atoms with Crippen LogP contribution in [0, 0.1) is 10.8 Å². The lowest BCUT2D eigenvalue weighted by Crippen LogP contribution is -2.60. The number of carbonyl (C=O) groups excluding carboxylic acids is 7. The summed E-state index contributed by atoms with van der Waals surface area (Å²) < 4.78 is 0. The molecule has 1 unspecified atom stereocenters. The highest BCUT2D eigenvalue weighted by Crippen LogP contribution is 2.34. The van der Waals surface area contributed by atoms with Crippen LogP contribution in [0.1, 0.15) is 156 Å². The third-order valence-electron chi connectivity index (χ3n) is 15.8. The van der Waals surface area contributed by atoms with Gasteiger partial charge in [-0.25, -0.2) is 9.97 Å². The predicted molar refractivity (Wildman–Crippen MR) is 290 cm³/mol. The van der Waals surface area contributed by atoms with Gasteiger partial charge in [-0.05, 0) is 119 Å². The first kappa shape index (κ1) is 57.4. The Bertz CT molecular complexity index is 2600. The number of benzene rings is 2. The van der Waals surface area contributed by atoms with Crippen LogP contribution in [-0.4, -0.2) is 143 Å². The molecule has 2 aromatic carbocycles. The van der Waals surface area contributed by atoms with E-state index < -0.39 is 70.8 Å². The van der Waals surface area contributed by atoms with E-state index in [1.54, 1.807) is 32.8 Å². The Balaban J connectivity index is 1.06.